The van der Waals surface area contributed by atoms with Crippen molar-refractivity contribution in [2.45, 2.75) is 39.2 Å². The first-order chi connectivity index (χ1) is 6.76. The Bertz CT molecular complexity index is 256. The lowest BCUT2D eigenvalue weighted by atomic mass is 10.1. The molecule has 0 radical (unpaired) electrons. The molecule has 0 fully saturated rings. The molecule has 0 spiro atoms. The highest BCUT2D eigenvalue weighted by Gasteiger charge is 2.05. The van der Waals surface area contributed by atoms with Crippen LogP contribution in [0.3, 0.4) is 0 Å². The van der Waals surface area contributed by atoms with Gasteiger partial charge in [-0.05, 0) is 37.1 Å². The van der Waals surface area contributed by atoms with Crippen molar-refractivity contribution >= 4 is 11.6 Å². The number of hydrogen-bond acceptors (Lipinski definition) is 1. The molecule has 1 atom stereocenters. The molecule has 0 N–H and O–H groups in total. The fourth-order valence-electron chi connectivity index (χ4n) is 1.37. The first kappa shape index (κ1) is 11.4. The van der Waals surface area contributed by atoms with Gasteiger partial charge in [0, 0.05) is 5.02 Å². The number of ether oxygens (including phenoxy) is 1. The summed E-state index contributed by atoms with van der Waals surface area (Å²) >= 11 is 5.79. The van der Waals surface area contributed by atoms with Crippen LogP contribution in [0.25, 0.3) is 0 Å². The van der Waals surface area contributed by atoms with E-state index in [9.17, 15) is 0 Å². The van der Waals surface area contributed by atoms with Crippen molar-refractivity contribution in [3.05, 3.63) is 29.3 Å². The summed E-state index contributed by atoms with van der Waals surface area (Å²) in [6.45, 7) is 4.32. The van der Waals surface area contributed by atoms with E-state index in [-0.39, 0.29) is 0 Å². The summed E-state index contributed by atoms with van der Waals surface area (Å²) in [6, 6.07) is 7.55. The van der Waals surface area contributed by atoms with Crippen LogP contribution in [-0.4, -0.2) is 6.10 Å². The Morgan fingerprint density at radius 1 is 1.21 bits per heavy atom. The number of hydrogen-bond donors (Lipinski definition) is 0. The third-order valence-corrected chi connectivity index (χ3v) is 2.43. The maximum atomic E-state index is 5.80. The second-order valence-electron chi connectivity index (χ2n) is 3.39. The Balaban J connectivity index is 2.53. The van der Waals surface area contributed by atoms with Crippen molar-refractivity contribution in [1.29, 1.82) is 0 Å². The van der Waals surface area contributed by atoms with Gasteiger partial charge in [-0.3, -0.25) is 0 Å². The lowest BCUT2D eigenvalue weighted by Gasteiger charge is -2.16. The normalized spacial score (nSPS) is 12.5. The molecule has 0 aromatic heterocycles. The Morgan fingerprint density at radius 3 is 2.36 bits per heavy atom. The van der Waals surface area contributed by atoms with Crippen molar-refractivity contribution in [1.82, 2.24) is 0 Å². The van der Waals surface area contributed by atoms with Crippen LogP contribution >= 0.6 is 11.6 Å². The molecule has 14 heavy (non-hydrogen) atoms. The molecule has 0 aliphatic carbocycles. The molecule has 1 aromatic carbocycles. The van der Waals surface area contributed by atoms with Crippen molar-refractivity contribution in [3.63, 3.8) is 0 Å². The zero-order valence-electron chi connectivity index (χ0n) is 8.79. The van der Waals surface area contributed by atoms with Gasteiger partial charge < -0.3 is 4.74 Å². The van der Waals surface area contributed by atoms with Gasteiger partial charge in [0.15, 0.2) is 0 Å². The first-order valence-electron chi connectivity index (χ1n) is 5.18. The zero-order chi connectivity index (χ0) is 10.4. The van der Waals surface area contributed by atoms with Gasteiger partial charge in [-0.2, -0.15) is 0 Å². The first-order valence-corrected chi connectivity index (χ1v) is 5.56. The largest absolute Gasteiger partial charge is 0.490 e. The molecular weight excluding hydrogens is 196 g/mol. The molecule has 2 heteroatoms. The van der Waals surface area contributed by atoms with Crippen LogP contribution < -0.4 is 4.74 Å². The second-order valence-corrected chi connectivity index (χ2v) is 3.83. The average Bonchev–Trinajstić information content (AvgIpc) is 2.20. The van der Waals surface area contributed by atoms with Crippen molar-refractivity contribution in [3.8, 4) is 5.75 Å². The highest BCUT2D eigenvalue weighted by atomic mass is 35.5. The third kappa shape index (κ3) is 3.59. The molecule has 0 saturated heterocycles. The smallest absolute Gasteiger partial charge is 0.119 e. The molecule has 0 amide bonds. The molecule has 0 heterocycles. The maximum Gasteiger partial charge on any atom is 0.119 e. The van der Waals surface area contributed by atoms with Crippen LogP contribution in [0.1, 0.15) is 33.1 Å². The second kappa shape index (κ2) is 5.92. The lowest BCUT2D eigenvalue weighted by molar-refractivity contribution is 0.186. The molecule has 78 valence electrons. The molecule has 0 saturated carbocycles. The van der Waals surface area contributed by atoms with Crippen molar-refractivity contribution < 1.29 is 4.74 Å². The summed E-state index contributed by atoms with van der Waals surface area (Å²) < 4.78 is 5.80. The van der Waals surface area contributed by atoms with E-state index in [0.29, 0.717) is 6.10 Å². The minimum Gasteiger partial charge on any atom is -0.490 e. The minimum absolute atomic E-state index is 0.334. The minimum atomic E-state index is 0.334. The van der Waals surface area contributed by atoms with E-state index in [1.807, 2.05) is 24.3 Å². The average molecular weight is 213 g/mol. The Hall–Kier alpha value is -0.690. The molecular formula is C12H17ClO. The van der Waals surface area contributed by atoms with E-state index < -0.39 is 0 Å². The van der Waals surface area contributed by atoms with Crippen LogP contribution in [0.4, 0.5) is 0 Å². The van der Waals surface area contributed by atoms with Crippen LogP contribution in [0.5, 0.6) is 5.75 Å². The van der Waals surface area contributed by atoms with Crippen LogP contribution in [0, 0.1) is 0 Å². The van der Waals surface area contributed by atoms with E-state index in [1.54, 1.807) is 0 Å². The summed E-state index contributed by atoms with van der Waals surface area (Å²) in [7, 11) is 0. The maximum absolute atomic E-state index is 5.80. The standard InChI is InChI=1S/C12H17ClO/c1-3-5-11(4-2)14-12-8-6-10(13)7-9-12/h6-9,11H,3-5H2,1-2H3/t11-/m0/s1. The van der Waals surface area contributed by atoms with Gasteiger partial charge in [-0.25, -0.2) is 0 Å². The van der Waals surface area contributed by atoms with Gasteiger partial charge in [-0.1, -0.05) is 31.9 Å². The third-order valence-electron chi connectivity index (χ3n) is 2.18. The predicted octanol–water partition coefficient (Wildman–Crippen LogP) is 4.30. The topological polar surface area (TPSA) is 9.23 Å². The molecule has 1 rings (SSSR count). The Kier molecular flexibility index (Phi) is 4.81. The van der Waals surface area contributed by atoms with Crippen molar-refractivity contribution in [2.24, 2.45) is 0 Å². The van der Waals surface area contributed by atoms with Gasteiger partial charge in [0.2, 0.25) is 0 Å². The van der Waals surface area contributed by atoms with Crippen LogP contribution in [-0.2, 0) is 0 Å². The highest BCUT2D eigenvalue weighted by molar-refractivity contribution is 6.30. The summed E-state index contributed by atoms with van der Waals surface area (Å²) in [4.78, 5) is 0. The quantitative estimate of drug-likeness (QED) is 0.707. The summed E-state index contributed by atoms with van der Waals surface area (Å²) in [6.07, 6.45) is 3.66. The zero-order valence-corrected chi connectivity index (χ0v) is 9.55. The summed E-state index contributed by atoms with van der Waals surface area (Å²) in [5.74, 6) is 0.912. The Labute approximate surface area is 91.0 Å². The van der Waals surface area contributed by atoms with Gasteiger partial charge in [0.25, 0.3) is 0 Å². The molecule has 0 aliphatic rings. The number of benzene rings is 1. The molecule has 0 bridgehead atoms. The summed E-state index contributed by atoms with van der Waals surface area (Å²) in [5.41, 5.74) is 0. The number of halogens is 1. The van der Waals surface area contributed by atoms with Gasteiger partial charge >= 0.3 is 0 Å². The number of rotatable bonds is 5. The molecule has 1 nitrogen and oxygen atoms in total. The van der Waals surface area contributed by atoms with E-state index in [0.717, 1.165) is 30.0 Å². The van der Waals surface area contributed by atoms with E-state index in [1.165, 1.54) is 0 Å². The monoisotopic (exact) mass is 212 g/mol. The molecule has 0 unspecified atom stereocenters. The molecule has 1 aromatic rings. The Morgan fingerprint density at radius 2 is 1.86 bits per heavy atom. The lowest BCUT2D eigenvalue weighted by Crippen LogP contribution is -2.14. The van der Waals surface area contributed by atoms with Crippen LogP contribution in [0.2, 0.25) is 5.02 Å². The van der Waals surface area contributed by atoms with Gasteiger partial charge in [-0.15, -0.1) is 0 Å². The van der Waals surface area contributed by atoms with Gasteiger partial charge in [0.05, 0.1) is 6.10 Å². The SMILES string of the molecule is CCC[C@H](CC)Oc1ccc(Cl)cc1. The van der Waals surface area contributed by atoms with Crippen LogP contribution in [0.15, 0.2) is 24.3 Å². The predicted molar refractivity (Wildman–Crippen MR) is 61.1 cm³/mol. The van der Waals surface area contributed by atoms with Gasteiger partial charge in [0.1, 0.15) is 5.75 Å². The fourth-order valence-corrected chi connectivity index (χ4v) is 1.50. The fraction of sp³-hybridized carbons (Fsp3) is 0.500. The van der Waals surface area contributed by atoms with E-state index >= 15 is 0 Å². The van der Waals surface area contributed by atoms with E-state index in [4.69, 9.17) is 16.3 Å². The molecule has 0 aliphatic heterocycles. The summed E-state index contributed by atoms with van der Waals surface area (Å²) in [5, 5.41) is 0.751. The highest BCUT2D eigenvalue weighted by Crippen LogP contribution is 2.18. The van der Waals surface area contributed by atoms with E-state index in [2.05, 4.69) is 13.8 Å². The van der Waals surface area contributed by atoms with Crippen molar-refractivity contribution in [2.75, 3.05) is 0 Å².